The van der Waals surface area contributed by atoms with Crippen LogP contribution in [0.5, 0.6) is 0 Å². The number of hydrogen-bond acceptors (Lipinski definition) is 3. The summed E-state index contributed by atoms with van der Waals surface area (Å²) in [5.41, 5.74) is 14.5. The Kier molecular flexibility index (Phi) is 9.76. The van der Waals surface area contributed by atoms with Crippen LogP contribution in [0.1, 0.15) is 66.8 Å². The Hall–Kier alpha value is -0.520. The van der Waals surface area contributed by atoms with E-state index in [1.54, 1.807) is 24.3 Å². The maximum absolute atomic E-state index is 13.6. The van der Waals surface area contributed by atoms with Gasteiger partial charge in [-0.3, -0.25) is 4.79 Å². The van der Waals surface area contributed by atoms with Crippen molar-refractivity contribution in [1.82, 2.24) is 0 Å². The van der Waals surface area contributed by atoms with Crippen LogP contribution in [0.3, 0.4) is 0 Å². The molecule has 0 fully saturated rings. The molecule has 0 aliphatic rings. The molecule has 0 amide bonds. The summed E-state index contributed by atoms with van der Waals surface area (Å²) in [6.07, 6.45) is 0. The summed E-state index contributed by atoms with van der Waals surface area (Å²) in [6.45, 7) is 7.82. The maximum Gasteiger partial charge on any atom is 0.193 e. The molecule has 0 aliphatic carbocycles. The fraction of sp³-hybridized carbons (Fsp3) is 0.381. The van der Waals surface area contributed by atoms with E-state index in [-0.39, 0.29) is 40.1 Å². The Morgan fingerprint density at radius 3 is 1.31 bits per heavy atom. The lowest BCUT2D eigenvalue weighted by Crippen LogP contribution is -2.24. The van der Waals surface area contributed by atoms with Crippen LogP contribution >= 0.6 is 58.8 Å². The Morgan fingerprint density at radius 1 is 0.724 bits per heavy atom. The van der Waals surface area contributed by atoms with Gasteiger partial charge in [-0.05, 0) is 36.1 Å². The molecule has 0 radical (unpaired) electrons. The second-order valence-electron chi connectivity index (χ2n) is 7.51. The fourth-order valence-corrected chi connectivity index (χ4v) is 3.90. The highest BCUT2D eigenvalue weighted by molar-refractivity contribution is 6.44. The van der Waals surface area contributed by atoms with Gasteiger partial charge in [0, 0.05) is 34.3 Å². The number of hydrogen-bond donors (Lipinski definition) is 2. The monoisotopic (exact) mass is 496 g/mol. The number of halogens is 5. The van der Waals surface area contributed by atoms with Gasteiger partial charge >= 0.3 is 0 Å². The molecule has 8 heteroatoms. The molecule has 29 heavy (non-hydrogen) atoms. The van der Waals surface area contributed by atoms with E-state index < -0.39 is 12.1 Å². The van der Waals surface area contributed by atoms with E-state index in [1.807, 2.05) is 27.7 Å². The van der Waals surface area contributed by atoms with Gasteiger partial charge in [-0.25, -0.2) is 0 Å². The number of carbonyl (C=O) groups excluding carboxylic acids is 1. The highest BCUT2D eigenvalue weighted by Crippen LogP contribution is 2.39. The van der Waals surface area contributed by atoms with Crippen LogP contribution < -0.4 is 11.5 Å². The first kappa shape index (κ1) is 26.5. The lowest BCUT2D eigenvalue weighted by molar-refractivity contribution is 0.103. The van der Waals surface area contributed by atoms with E-state index in [1.165, 1.54) is 0 Å². The summed E-state index contributed by atoms with van der Waals surface area (Å²) < 4.78 is 0. The first-order valence-corrected chi connectivity index (χ1v) is 10.5. The molecular weight excluding hydrogens is 474 g/mol. The molecule has 2 unspecified atom stereocenters. The van der Waals surface area contributed by atoms with Crippen molar-refractivity contribution in [2.24, 2.45) is 23.3 Å². The molecule has 0 saturated heterocycles. The molecule has 160 valence electrons. The lowest BCUT2D eigenvalue weighted by atomic mass is 9.85. The highest BCUT2D eigenvalue weighted by Gasteiger charge is 2.28. The number of ketones is 1. The quantitative estimate of drug-likeness (QED) is 0.412. The van der Waals surface area contributed by atoms with Gasteiger partial charge in [0.2, 0.25) is 0 Å². The standard InChI is InChI=1S/C21H24Cl4N2O.ClH/c1-9(2)19(26)15-11(5-7-13(22)17(15)24)21(28)12-6-8-14(23)18(25)16(12)20(27)10(3)4;/h5-10,19-20H,26-27H2,1-4H3;1H. The molecule has 3 nitrogen and oxygen atoms in total. The third-order valence-electron chi connectivity index (χ3n) is 4.86. The van der Waals surface area contributed by atoms with Gasteiger partial charge in [-0.2, -0.15) is 0 Å². The van der Waals surface area contributed by atoms with Crippen LogP contribution in [0.4, 0.5) is 0 Å². The Labute approximate surface area is 198 Å². The summed E-state index contributed by atoms with van der Waals surface area (Å²) >= 11 is 25.3. The van der Waals surface area contributed by atoms with Crippen LogP contribution in [0.25, 0.3) is 0 Å². The second-order valence-corrected chi connectivity index (χ2v) is 9.08. The van der Waals surface area contributed by atoms with Crippen LogP contribution in [-0.4, -0.2) is 5.78 Å². The minimum atomic E-state index is -0.463. The van der Waals surface area contributed by atoms with Crippen molar-refractivity contribution in [2.75, 3.05) is 0 Å². The normalized spacial score (nSPS) is 13.4. The molecule has 2 rings (SSSR count). The molecule has 0 bridgehead atoms. The van der Waals surface area contributed by atoms with E-state index in [2.05, 4.69) is 0 Å². The zero-order valence-corrected chi connectivity index (χ0v) is 20.4. The number of nitrogens with two attached hydrogens (primary N) is 2. The van der Waals surface area contributed by atoms with Crippen LogP contribution in [0.2, 0.25) is 20.1 Å². The van der Waals surface area contributed by atoms with Crippen LogP contribution in [0.15, 0.2) is 24.3 Å². The van der Waals surface area contributed by atoms with E-state index >= 15 is 0 Å². The molecule has 2 aromatic carbocycles. The molecule has 0 aliphatic heterocycles. The van der Waals surface area contributed by atoms with Crippen molar-refractivity contribution < 1.29 is 4.79 Å². The molecule has 0 saturated carbocycles. The van der Waals surface area contributed by atoms with Crippen molar-refractivity contribution in [1.29, 1.82) is 0 Å². The van der Waals surface area contributed by atoms with Gasteiger partial charge in [0.05, 0.1) is 20.1 Å². The zero-order valence-electron chi connectivity index (χ0n) is 16.6. The average Bonchev–Trinajstić information content (AvgIpc) is 2.64. The number of benzene rings is 2. The Bertz CT molecular complexity index is 828. The molecule has 2 aromatic rings. The highest BCUT2D eigenvalue weighted by atomic mass is 35.5. The topological polar surface area (TPSA) is 69.1 Å². The molecule has 2 atom stereocenters. The van der Waals surface area contributed by atoms with Gasteiger partial charge < -0.3 is 11.5 Å². The molecular formula is C21H25Cl5N2O. The van der Waals surface area contributed by atoms with E-state index in [4.69, 9.17) is 57.9 Å². The molecule has 4 N–H and O–H groups in total. The SMILES string of the molecule is CC(C)C(N)c1c(C(=O)c2ccc(Cl)c(Cl)c2C(N)C(C)C)ccc(Cl)c1Cl.Cl. The summed E-state index contributed by atoms with van der Waals surface area (Å²) in [6, 6.07) is 5.54. The number of rotatable bonds is 6. The van der Waals surface area contributed by atoms with Crippen molar-refractivity contribution in [3.05, 3.63) is 66.6 Å². The summed E-state index contributed by atoms with van der Waals surface area (Å²) in [7, 11) is 0. The third-order valence-corrected chi connectivity index (χ3v) is 6.50. The minimum absolute atomic E-state index is 0. The predicted molar refractivity (Wildman–Crippen MR) is 127 cm³/mol. The van der Waals surface area contributed by atoms with Gasteiger partial charge in [-0.1, -0.05) is 74.1 Å². The fourth-order valence-electron chi connectivity index (χ4n) is 2.99. The van der Waals surface area contributed by atoms with Crippen molar-refractivity contribution in [3.8, 4) is 0 Å². The van der Waals surface area contributed by atoms with Gasteiger partial charge in [0.25, 0.3) is 0 Å². The molecule has 0 heterocycles. The van der Waals surface area contributed by atoms with Crippen molar-refractivity contribution >= 4 is 64.6 Å². The lowest BCUT2D eigenvalue weighted by Gasteiger charge is -2.24. The third kappa shape index (κ3) is 5.40. The summed E-state index contributed by atoms with van der Waals surface area (Å²) in [5, 5.41) is 1.25. The Morgan fingerprint density at radius 2 is 1.03 bits per heavy atom. The largest absolute Gasteiger partial charge is 0.324 e. The minimum Gasteiger partial charge on any atom is -0.324 e. The first-order valence-electron chi connectivity index (χ1n) is 9.00. The smallest absolute Gasteiger partial charge is 0.193 e. The Balaban J connectivity index is 0.00000420. The second kappa shape index (κ2) is 10.7. The van der Waals surface area contributed by atoms with E-state index in [0.29, 0.717) is 32.3 Å². The summed E-state index contributed by atoms with van der Waals surface area (Å²) in [4.78, 5) is 13.6. The van der Waals surface area contributed by atoms with Crippen LogP contribution in [-0.2, 0) is 0 Å². The maximum atomic E-state index is 13.6. The van der Waals surface area contributed by atoms with Gasteiger partial charge in [0.1, 0.15) is 0 Å². The van der Waals surface area contributed by atoms with Crippen molar-refractivity contribution in [2.45, 2.75) is 39.8 Å². The summed E-state index contributed by atoms with van der Waals surface area (Å²) in [5.74, 6) is -0.170. The first-order chi connectivity index (χ1) is 13.0. The number of carbonyl (C=O) groups is 1. The van der Waals surface area contributed by atoms with Crippen LogP contribution in [0, 0.1) is 11.8 Å². The van der Waals surface area contributed by atoms with Gasteiger partial charge in [0.15, 0.2) is 5.78 Å². The van der Waals surface area contributed by atoms with E-state index in [9.17, 15) is 4.79 Å². The average molecular weight is 499 g/mol. The molecule has 0 aromatic heterocycles. The molecule has 0 spiro atoms. The van der Waals surface area contributed by atoms with Gasteiger partial charge in [-0.15, -0.1) is 12.4 Å². The van der Waals surface area contributed by atoms with Crippen molar-refractivity contribution in [3.63, 3.8) is 0 Å². The predicted octanol–water partition coefficient (Wildman–Crippen LogP) is 7.26. The van der Waals surface area contributed by atoms with E-state index in [0.717, 1.165) is 0 Å². The zero-order chi connectivity index (χ0) is 21.3.